The van der Waals surface area contributed by atoms with Crippen LogP contribution in [0.1, 0.15) is 23.5 Å². The van der Waals surface area contributed by atoms with Crippen LogP contribution in [0.15, 0.2) is 109 Å². The highest BCUT2D eigenvalue weighted by Gasteiger charge is 2.28. The minimum atomic E-state index is 0.0442. The third-order valence-corrected chi connectivity index (χ3v) is 6.79. The minimum absolute atomic E-state index is 0.0442. The second kappa shape index (κ2) is 11.4. The van der Waals surface area contributed by atoms with Crippen LogP contribution in [-0.4, -0.2) is 29.2 Å². The highest BCUT2D eigenvalue weighted by atomic mass is 16.5. The molecule has 2 unspecified atom stereocenters. The molecule has 2 atom stereocenters. The summed E-state index contributed by atoms with van der Waals surface area (Å²) >= 11 is 0. The zero-order valence-electron chi connectivity index (χ0n) is 21.0. The van der Waals surface area contributed by atoms with Gasteiger partial charge in [-0.3, -0.25) is 0 Å². The second-order valence-corrected chi connectivity index (χ2v) is 9.42. The van der Waals surface area contributed by atoms with Crippen LogP contribution < -0.4 is 14.8 Å². The summed E-state index contributed by atoms with van der Waals surface area (Å²) < 4.78 is 18.1. The monoisotopic (exact) mass is 503 g/mol. The van der Waals surface area contributed by atoms with Gasteiger partial charge in [0.25, 0.3) is 0 Å². The number of ether oxygens (including phenoxy) is 3. The zero-order chi connectivity index (χ0) is 25.6. The predicted octanol–water partition coefficient (Wildman–Crippen LogP) is 6.88. The van der Waals surface area contributed by atoms with Gasteiger partial charge in [-0.25, -0.2) is 9.97 Å². The van der Waals surface area contributed by atoms with Crippen LogP contribution in [0.3, 0.4) is 0 Å². The van der Waals surface area contributed by atoms with Gasteiger partial charge < -0.3 is 19.5 Å². The first-order valence-corrected chi connectivity index (χ1v) is 12.9. The molecular weight excluding hydrogens is 474 g/mol. The molecule has 1 aliphatic rings. The Morgan fingerprint density at radius 1 is 0.711 bits per heavy atom. The lowest BCUT2D eigenvalue weighted by molar-refractivity contribution is 0.0105. The van der Waals surface area contributed by atoms with Gasteiger partial charge in [-0.15, -0.1) is 0 Å². The molecule has 1 aliphatic heterocycles. The van der Waals surface area contributed by atoms with Crippen molar-refractivity contribution in [3.8, 4) is 23.3 Å². The summed E-state index contributed by atoms with van der Waals surface area (Å²) in [7, 11) is 0. The van der Waals surface area contributed by atoms with E-state index in [1.54, 1.807) is 0 Å². The molecule has 6 rings (SSSR count). The van der Waals surface area contributed by atoms with Crippen LogP contribution in [0.4, 0.5) is 0 Å². The van der Waals surface area contributed by atoms with Crippen molar-refractivity contribution in [3.05, 3.63) is 121 Å². The Labute approximate surface area is 222 Å². The van der Waals surface area contributed by atoms with E-state index in [2.05, 4.69) is 57.7 Å². The van der Waals surface area contributed by atoms with Crippen molar-refractivity contribution in [1.82, 2.24) is 15.3 Å². The Morgan fingerprint density at radius 3 is 2.18 bits per heavy atom. The average Bonchev–Trinajstić information content (AvgIpc) is 2.98. The molecule has 0 spiro atoms. The topological polar surface area (TPSA) is 65.5 Å². The first-order chi connectivity index (χ1) is 18.8. The Bertz CT molecular complexity index is 1470. The van der Waals surface area contributed by atoms with E-state index in [-0.39, 0.29) is 12.0 Å². The van der Waals surface area contributed by atoms with Crippen LogP contribution in [-0.2, 0) is 11.3 Å². The number of benzene rings is 4. The quantitative estimate of drug-likeness (QED) is 0.249. The van der Waals surface area contributed by atoms with Crippen LogP contribution >= 0.6 is 0 Å². The Morgan fingerprint density at radius 2 is 1.39 bits per heavy atom. The first-order valence-electron chi connectivity index (χ1n) is 12.9. The van der Waals surface area contributed by atoms with E-state index < -0.39 is 0 Å². The van der Waals surface area contributed by atoms with Crippen molar-refractivity contribution in [2.75, 3.05) is 13.1 Å². The van der Waals surface area contributed by atoms with Crippen LogP contribution in [0, 0.1) is 0 Å². The first kappa shape index (κ1) is 24.1. The molecule has 190 valence electrons. The zero-order valence-corrected chi connectivity index (χ0v) is 21.0. The Hall–Kier alpha value is -4.26. The molecule has 0 radical (unpaired) electrons. The molecule has 38 heavy (non-hydrogen) atoms. The maximum absolute atomic E-state index is 6.40. The smallest absolute Gasteiger partial charge is 0.321 e. The molecule has 0 bridgehead atoms. The number of nitrogens with one attached hydrogen (secondary N) is 1. The number of aromatic nitrogens is 2. The molecule has 0 aliphatic carbocycles. The van der Waals surface area contributed by atoms with E-state index in [1.165, 1.54) is 16.3 Å². The van der Waals surface area contributed by atoms with E-state index in [9.17, 15) is 0 Å². The predicted molar refractivity (Wildman–Crippen MR) is 148 cm³/mol. The van der Waals surface area contributed by atoms with E-state index in [1.807, 2.05) is 67.0 Å². The van der Waals surface area contributed by atoms with Gasteiger partial charge in [0, 0.05) is 24.9 Å². The highest BCUT2D eigenvalue weighted by Crippen LogP contribution is 2.30. The van der Waals surface area contributed by atoms with Crippen molar-refractivity contribution in [2.24, 2.45) is 0 Å². The third kappa shape index (κ3) is 5.83. The maximum atomic E-state index is 6.40. The summed E-state index contributed by atoms with van der Waals surface area (Å²) in [5, 5.41) is 5.93. The van der Waals surface area contributed by atoms with Crippen molar-refractivity contribution in [2.45, 2.75) is 25.0 Å². The van der Waals surface area contributed by atoms with Crippen LogP contribution in [0.2, 0.25) is 0 Å². The molecular formula is C32H29N3O3. The summed E-state index contributed by atoms with van der Waals surface area (Å²) in [6, 6.07) is 32.3. The molecule has 6 heteroatoms. The van der Waals surface area contributed by atoms with Crippen molar-refractivity contribution < 1.29 is 14.2 Å². The van der Waals surface area contributed by atoms with E-state index in [0.29, 0.717) is 18.4 Å². The molecule has 1 aromatic heterocycles. The van der Waals surface area contributed by atoms with Crippen molar-refractivity contribution in [3.63, 3.8) is 0 Å². The molecule has 0 amide bonds. The number of hydrogen-bond donors (Lipinski definition) is 1. The van der Waals surface area contributed by atoms with Crippen molar-refractivity contribution >= 4 is 10.8 Å². The lowest BCUT2D eigenvalue weighted by Gasteiger charge is -2.32. The lowest BCUT2D eigenvalue weighted by atomic mass is 9.89. The second-order valence-electron chi connectivity index (χ2n) is 9.42. The van der Waals surface area contributed by atoms with Gasteiger partial charge in [0.15, 0.2) is 0 Å². The standard InChI is InChI=1S/C32H29N3O3/c1-2-8-27(9-3-1)37-28-12-14-29(15-13-28)38-32-34-19-26(20-35-32)30-16-17-33-21-31(30)36-22-23-10-11-24-6-4-5-7-25(24)18-23/h1-15,18-20,30-31,33H,16-17,21-22H2. The van der Waals surface area contributed by atoms with Crippen LogP contribution in [0.5, 0.6) is 23.3 Å². The summed E-state index contributed by atoms with van der Waals surface area (Å²) in [6.45, 7) is 2.31. The number of piperidine rings is 1. The van der Waals surface area contributed by atoms with Gasteiger partial charge in [-0.1, -0.05) is 54.6 Å². The van der Waals surface area contributed by atoms with E-state index in [0.717, 1.165) is 36.6 Å². The van der Waals surface area contributed by atoms with Crippen molar-refractivity contribution in [1.29, 1.82) is 0 Å². The van der Waals surface area contributed by atoms with E-state index >= 15 is 0 Å². The molecule has 5 aromatic rings. The van der Waals surface area contributed by atoms with E-state index in [4.69, 9.17) is 14.2 Å². The summed E-state index contributed by atoms with van der Waals surface area (Å²) in [5.74, 6) is 2.40. The number of hydrogen-bond acceptors (Lipinski definition) is 6. The molecule has 0 saturated carbocycles. The molecule has 1 saturated heterocycles. The van der Waals surface area contributed by atoms with Crippen LogP contribution in [0.25, 0.3) is 10.8 Å². The molecule has 6 nitrogen and oxygen atoms in total. The average molecular weight is 504 g/mol. The molecule has 2 heterocycles. The van der Waals surface area contributed by atoms with Gasteiger partial charge in [-0.2, -0.15) is 0 Å². The minimum Gasteiger partial charge on any atom is -0.457 e. The summed E-state index contributed by atoms with van der Waals surface area (Å²) in [5.41, 5.74) is 2.24. The number of para-hydroxylation sites is 1. The number of nitrogens with zero attached hydrogens (tertiary/aromatic N) is 2. The Kier molecular flexibility index (Phi) is 7.24. The fourth-order valence-electron chi connectivity index (χ4n) is 4.79. The van der Waals surface area contributed by atoms with Gasteiger partial charge in [0.2, 0.25) is 0 Å². The largest absolute Gasteiger partial charge is 0.457 e. The molecule has 1 fully saturated rings. The fraction of sp³-hybridized carbons (Fsp3) is 0.188. The lowest BCUT2D eigenvalue weighted by Crippen LogP contribution is -2.41. The van der Waals surface area contributed by atoms with Gasteiger partial charge in [0.1, 0.15) is 17.2 Å². The normalized spacial score (nSPS) is 17.3. The Balaban J connectivity index is 1.08. The molecule has 1 N–H and O–H groups in total. The third-order valence-electron chi connectivity index (χ3n) is 6.79. The SMILES string of the molecule is c1ccc(Oc2ccc(Oc3ncc(C4CCNCC4OCc4ccc5ccccc5c4)cn3)cc2)cc1. The summed E-state index contributed by atoms with van der Waals surface area (Å²) in [4.78, 5) is 8.97. The maximum Gasteiger partial charge on any atom is 0.321 e. The number of rotatable bonds is 8. The van der Waals surface area contributed by atoms with Gasteiger partial charge in [0.05, 0.1) is 12.7 Å². The summed E-state index contributed by atoms with van der Waals surface area (Å²) in [6.07, 6.45) is 4.73. The van der Waals surface area contributed by atoms with Gasteiger partial charge in [-0.05, 0) is 77.3 Å². The molecule has 4 aromatic carbocycles. The fourth-order valence-corrected chi connectivity index (χ4v) is 4.79. The highest BCUT2D eigenvalue weighted by molar-refractivity contribution is 5.82. The van der Waals surface area contributed by atoms with Gasteiger partial charge >= 0.3 is 6.01 Å². The number of fused-ring (bicyclic) bond motifs is 1.